The Bertz CT molecular complexity index is 1180. The van der Waals surface area contributed by atoms with Gasteiger partial charge in [-0.05, 0) is 61.0 Å². The van der Waals surface area contributed by atoms with Crippen molar-refractivity contribution in [1.82, 2.24) is 0 Å². The first-order valence-electron chi connectivity index (χ1n) is 9.11. The van der Waals surface area contributed by atoms with Crippen LogP contribution in [0.4, 0.5) is 17.1 Å². The summed E-state index contributed by atoms with van der Waals surface area (Å²) in [6.07, 6.45) is 1.80. The normalized spacial score (nSPS) is 11.2. The van der Waals surface area contributed by atoms with E-state index in [9.17, 15) is 4.79 Å². The highest BCUT2D eigenvalue weighted by Gasteiger charge is 2.12. The van der Waals surface area contributed by atoms with Crippen LogP contribution in [0.5, 0.6) is 0 Å². The van der Waals surface area contributed by atoms with Crippen LogP contribution in [-0.2, 0) is 11.2 Å². The van der Waals surface area contributed by atoms with Crippen molar-refractivity contribution < 1.29 is 9.21 Å². The van der Waals surface area contributed by atoms with Gasteiger partial charge in [-0.25, -0.2) is 0 Å². The van der Waals surface area contributed by atoms with Gasteiger partial charge in [0.1, 0.15) is 5.58 Å². The average molecular weight is 404 g/mol. The first-order valence-corrected chi connectivity index (χ1v) is 9.49. The van der Waals surface area contributed by atoms with E-state index in [-0.39, 0.29) is 12.3 Å². The number of fused-ring (bicyclic) bond motifs is 1. The standard InChI is InChI=1S/C23H18ClN3O2/c1-15-11-22-20(13-21(15)24)16(14-29-22)12-23(28)25-17-7-9-19(10-8-17)27-26-18-5-3-2-4-6-18/h2-11,13-14H,12H2,1H3,(H,25,28). The van der Waals surface area contributed by atoms with Gasteiger partial charge in [0.2, 0.25) is 5.91 Å². The summed E-state index contributed by atoms with van der Waals surface area (Å²) in [7, 11) is 0. The molecule has 0 bridgehead atoms. The molecule has 1 N–H and O–H groups in total. The van der Waals surface area contributed by atoms with Crippen molar-refractivity contribution >= 4 is 45.5 Å². The molecule has 4 rings (SSSR count). The first kappa shape index (κ1) is 18.9. The lowest BCUT2D eigenvalue weighted by Gasteiger charge is -2.05. The van der Waals surface area contributed by atoms with E-state index in [1.54, 1.807) is 30.5 Å². The summed E-state index contributed by atoms with van der Waals surface area (Å²) in [6.45, 7) is 1.92. The van der Waals surface area contributed by atoms with E-state index in [0.717, 1.165) is 27.8 Å². The second-order valence-electron chi connectivity index (χ2n) is 6.67. The first-order chi connectivity index (χ1) is 14.1. The molecule has 144 valence electrons. The molecule has 0 spiro atoms. The predicted octanol–water partition coefficient (Wildman–Crippen LogP) is 6.99. The summed E-state index contributed by atoms with van der Waals surface area (Å²) in [5.41, 5.74) is 4.64. The zero-order chi connectivity index (χ0) is 20.2. The Morgan fingerprint density at radius 2 is 1.69 bits per heavy atom. The number of azo groups is 1. The Kier molecular flexibility index (Phi) is 5.40. The zero-order valence-electron chi connectivity index (χ0n) is 15.7. The summed E-state index contributed by atoms with van der Waals surface area (Å²) in [5, 5.41) is 12.8. The number of rotatable bonds is 5. The van der Waals surface area contributed by atoms with Gasteiger partial charge in [0.25, 0.3) is 0 Å². The van der Waals surface area contributed by atoms with E-state index in [4.69, 9.17) is 16.0 Å². The number of furan rings is 1. The third kappa shape index (κ3) is 4.52. The van der Waals surface area contributed by atoms with Crippen molar-refractivity contribution in [3.05, 3.63) is 89.1 Å². The number of carbonyl (C=O) groups excluding carboxylic acids is 1. The summed E-state index contributed by atoms with van der Waals surface area (Å²) >= 11 is 6.20. The van der Waals surface area contributed by atoms with Crippen LogP contribution in [0.2, 0.25) is 5.02 Å². The molecular weight excluding hydrogens is 386 g/mol. The van der Waals surface area contributed by atoms with Crippen LogP contribution >= 0.6 is 11.6 Å². The summed E-state index contributed by atoms with van der Waals surface area (Å²) in [5.74, 6) is -0.136. The van der Waals surface area contributed by atoms with Gasteiger partial charge >= 0.3 is 0 Å². The maximum absolute atomic E-state index is 12.4. The van der Waals surface area contributed by atoms with Crippen LogP contribution in [0.3, 0.4) is 0 Å². The Morgan fingerprint density at radius 1 is 1.00 bits per heavy atom. The van der Waals surface area contributed by atoms with E-state index in [1.807, 2.05) is 49.4 Å². The quantitative estimate of drug-likeness (QED) is 0.365. The second-order valence-corrected chi connectivity index (χ2v) is 7.07. The molecule has 0 radical (unpaired) electrons. The fourth-order valence-electron chi connectivity index (χ4n) is 2.94. The lowest BCUT2D eigenvalue weighted by molar-refractivity contribution is -0.115. The van der Waals surface area contributed by atoms with Crippen molar-refractivity contribution in [2.24, 2.45) is 10.2 Å². The molecule has 0 atom stereocenters. The van der Waals surface area contributed by atoms with E-state index < -0.39 is 0 Å². The van der Waals surface area contributed by atoms with Crippen molar-refractivity contribution in [3.63, 3.8) is 0 Å². The minimum atomic E-state index is -0.136. The van der Waals surface area contributed by atoms with Crippen LogP contribution in [-0.4, -0.2) is 5.91 Å². The third-order valence-corrected chi connectivity index (χ3v) is 4.88. The molecule has 6 heteroatoms. The van der Waals surface area contributed by atoms with E-state index >= 15 is 0 Å². The number of hydrogen-bond acceptors (Lipinski definition) is 4. The molecule has 5 nitrogen and oxygen atoms in total. The van der Waals surface area contributed by atoms with E-state index in [1.165, 1.54) is 0 Å². The minimum absolute atomic E-state index is 0.136. The number of halogens is 1. The summed E-state index contributed by atoms with van der Waals surface area (Å²) in [4.78, 5) is 12.4. The van der Waals surface area contributed by atoms with Gasteiger partial charge in [0.15, 0.2) is 0 Å². The largest absolute Gasteiger partial charge is 0.464 e. The monoisotopic (exact) mass is 403 g/mol. The molecule has 0 aliphatic heterocycles. The van der Waals surface area contributed by atoms with Crippen LogP contribution < -0.4 is 5.32 Å². The average Bonchev–Trinajstić information content (AvgIpc) is 3.10. The SMILES string of the molecule is Cc1cc2occ(CC(=O)Nc3ccc(N=Nc4ccccc4)cc3)c2cc1Cl. The summed E-state index contributed by atoms with van der Waals surface area (Å²) < 4.78 is 5.55. The smallest absolute Gasteiger partial charge is 0.228 e. The number of benzene rings is 3. The highest BCUT2D eigenvalue weighted by Crippen LogP contribution is 2.28. The molecule has 1 aromatic heterocycles. The molecule has 1 amide bonds. The number of anilines is 1. The van der Waals surface area contributed by atoms with Crippen LogP contribution in [0.25, 0.3) is 11.0 Å². The maximum Gasteiger partial charge on any atom is 0.228 e. The number of nitrogens with zero attached hydrogens (tertiary/aromatic N) is 2. The van der Waals surface area contributed by atoms with Gasteiger partial charge in [-0.3, -0.25) is 4.79 Å². The van der Waals surface area contributed by atoms with Crippen molar-refractivity contribution in [1.29, 1.82) is 0 Å². The molecule has 0 fully saturated rings. The number of aryl methyl sites for hydroxylation is 1. The van der Waals surface area contributed by atoms with Gasteiger partial charge in [-0.2, -0.15) is 10.2 Å². The van der Waals surface area contributed by atoms with Crippen molar-refractivity contribution in [2.45, 2.75) is 13.3 Å². The topological polar surface area (TPSA) is 67.0 Å². The molecule has 3 aromatic carbocycles. The van der Waals surface area contributed by atoms with Crippen LogP contribution in [0.1, 0.15) is 11.1 Å². The molecule has 0 saturated heterocycles. The number of amides is 1. The minimum Gasteiger partial charge on any atom is -0.464 e. The van der Waals surface area contributed by atoms with E-state index in [0.29, 0.717) is 16.4 Å². The predicted molar refractivity (Wildman–Crippen MR) is 115 cm³/mol. The number of carbonyl (C=O) groups is 1. The molecule has 0 aliphatic carbocycles. The highest BCUT2D eigenvalue weighted by atomic mass is 35.5. The van der Waals surface area contributed by atoms with Crippen LogP contribution in [0.15, 0.2) is 87.6 Å². The van der Waals surface area contributed by atoms with Crippen molar-refractivity contribution in [3.8, 4) is 0 Å². The van der Waals surface area contributed by atoms with Crippen molar-refractivity contribution in [2.75, 3.05) is 5.32 Å². The Balaban J connectivity index is 1.41. The molecule has 29 heavy (non-hydrogen) atoms. The fraction of sp³-hybridized carbons (Fsp3) is 0.0870. The second kappa shape index (κ2) is 8.29. The highest BCUT2D eigenvalue weighted by molar-refractivity contribution is 6.32. The van der Waals surface area contributed by atoms with Gasteiger partial charge in [-0.1, -0.05) is 29.8 Å². The lowest BCUT2D eigenvalue weighted by atomic mass is 10.1. The van der Waals surface area contributed by atoms with Gasteiger partial charge in [-0.15, -0.1) is 0 Å². The molecule has 0 aliphatic rings. The maximum atomic E-state index is 12.4. The Labute approximate surface area is 173 Å². The van der Waals surface area contributed by atoms with Gasteiger partial charge in [0.05, 0.1) is 24.1 Å². The molecule has 1 heterocycles. The van der Waals surface area contributed by atoms with Gasteiger partial charge in [0, 0.05) is 21.7 Å². The lowest BCUT2D eigenvalue weighted by Crippen LogP contribution is -2.14. The van der Waals surface area contributed by atoms with Crippen LogP contribution in [0, 0.1) is 6.92 Å². The van der Waals surface area contributed by atoms with Gasteiger partial charge < -0.3 is 9.73 Å². The molecule has 4 aromatic rings. The molecule has 0 unspecified atom stereocenters. The Morgan fingerprint density at radius 3 is 2.41 bits per heavy atom. The Hall–Kier alpha value is -3.44. The summed E-state index contributed by atoms with van der Waals surface area (Å²) in [6, 6.07) is 20.4. The van der Waals surface area contributed by atoms with E-state index in [2.05, 4.69) is 15.5 Å². The third-order valence-electron chi connectivity index (χ3n) is 4.47. The molecule has 0 saturated carbocycles. The fourth-order valence-corrected chi connectivity index (χ4v) is 3.10. The molecular formula is C23H18ClN3O2. The zero-order valence-corrected chi connectivity index (χ0v) is 16.5. The number of nitrogens with one attached hydrogen (secondary N) is 1. The number of hydrogen-bond donors (Lipinski definition) is 1.